The van der Waals surface area contributed by atoms with Gasteiger partial charge in [-0.25, -0.2) is 0 Å². The maximum Gasteiger partial charge on any atom is 0.0617 e. The first-order valence-electron chi connectivity index (χ1n) is 7.63. The van der Waals surface area contributed by atoms with Gasteiger partial charge in [0.1, 0.15) is 0 Å². The van der Waals surface area contributed by atoms with Crippen LogP contribution in [0.3, 0.4) is 0 Å². The number of nitrogens with zero attached hydrogens (tertiary/aromatic N) is 1. The molecule has 0 radical (unpaired) electrons. The summed E-state index contributed by atoms with van der Waals surface area (Å²) < 4.78 is 5.37. The molecular weight excluding hydrogens is 224 g/mol. The van der Waals surface area contributed by atoms with Gasteiger partial charge in [-0.3, -0.25) is 0 Å². The highest BCUT2D eigenvalue weighted by Gasteiger charge is 2.40. The lowest BCUT2D eigenvalue weighted by atomic mass is 9.88. The minimum Gasteiger partial charge on any atom is -0.383 e. The minimum atomic E-state index is 0.553. The number of fused-ring (bicyclic) bond motifs is 2. The fraction of sp³-hybridized carbons (Fsp3) is 1.00. The number of nitrogens with two attached hydrogens (primary N) is 1. The van der Waals surface area contributed by atoms with Crippen LogP contribution in [0.1, 0.15) is 38.5 Å². The zero-order chi connectivity index (χ0) is 13.0. The fourth-order valence-electron chi connectivity index (χ4n) is 4.10. The summed E-state index contributed by atoms with van der Waals surface area (Å²) in [6.07, 6.45) is 8.25. The molecule has 4 atom stereocenters. The average Bonchev–Trinajstić information content (AvgIpc) is 2.96. The quantitative estimate of drug-likeness (QED) is 0.721. The molecule has 18 heavy (non-hydrogen) atoms. The van der Waals surface area contributed by atoms with E-state index in [9.17, 15) is 0 Å². The summed E-state index contributed by atoms with van der Waals surface area (Å²) in [5, 5.41) is 0. The molecule has 0 saturated heterocycles. The van der Waals surface area contributed by atoms with Gasteiger partial charge in [0, 0.05) is 19.7 Å². The molecule has 2 bridgehead atoms. The van der Waals surface area contributed by atoms with Crippen LogP contribution in [-0.2, 0) is 4.74 Å². The van der Waals surface area contributed by atoms with E-state index < -0.39 is 0 Å². The molecule has 2 saturated carbocycles. The van der Waals surface area contributed by atoms with E-state index in [4.69, 9.17) is 10.5 Å². The van der Waals surface area contributed by atoms with Crippen LogP contribution in [0.15, 0.2) is 0 Å². The molecule has 106 valence electrons. The van der Waals surface area contributed by atoms with E-state index in [1.807, 2.05) is 0 Å². The average molecular weight is 254 g/mol. The molecule has 2 N–H and O–H groups in total. The molecule has 2 aliphatic carbocycles. The highest BCUT2D eigenvalue weighted by Crippen LogP contribution is 2.48. The van der Waals surface area contributed by atoms with Gasteiger partial charge in [0.05, 0.1) is 6.61 Å². The van der Waals surface area contributed by atoms with Gasteiger partial charge in [-0.2, -0.15) is 0 Å². The van der Waals surface area contributed by atoms with Gasteiger partial charge in [0.2, 0.25) is 0 Å². The van der Waals surface area contributed by atoms with Crippen LogP contribution in [-0.4, -0.2) is 44.8 Å². The van der Waals surface area contributed by atoms with Crippen LogP contribution < -0.4 is 5.73 Å². The Morgan fingerprint density at radius 2 is 2.17 bits per heavy atom. The normalized spacial score (nSPS) is 32.3. The molecule has 3 nitrogen and oxygen atoms in total. The van der Waals surface area contributed by atoms with Gasteiger partial charge in [0.15, 0.2) is 0 Å². The topological polar surface area (TPSA) is 38.5 Å². The summed E-state index contributed by atoms with van der Waals surface area (Å²) in [4.78, 5) is 2.53. The molecule has 2 fully saturated rings. The summed E-state index contributed by atoms with van der Waals surface area (Å²) in [7, 11) is 4.08. The van der Waals surface area contributed by atoms with Crippen molar-refractivity contribution in [2.45, 2.75) is 44.6 Å². The lowest BCUT2D eigenvalue weighted by molar-refractivity contribution is 0.0828. The first-order valence-corrected chi connectivity index (χ1v) is 7.63. The predicted octanol–water partition coefficient (Wildman–Crippen LogP) is 2.11. The molecule has 2 rings (SSSR count). The fourth-order valence-corrected chi connectivity index (χ4v) is 4.10. The first kappa shape index (κ1) is 14.3. The molecule has 0 aromatic heterocycles. The standard InChI is InChI=1S/C15H30N2O/c1-17(15(11-18-2)4-3-7-16)10-14-9-12-5-6-13(14)8-12/h12-15H,3-11,16H2,1-2H3. The van der Waals surface area contributed by atoms with Crippen LogP contribution in [0, 0.1) is 17.8 Å². The highest BCUT2D eigenvalue weighted by atomic mass is 16.5. The second-order valence-corrected chi connectivity index (χ2v) is 6.41. The van der Waals surface area contributed by atoms with Crippen molar-refractivity contribution in [3.8, 4) is 0 Å². The smallest absolute Gasteiger partial charge is 0.0617 e. The number of ether oxygens (including phenoxy) is 1. The molecule has 3 heteroatoms. The maximum atomic E-state index is 5.63. The molecule has 0 spiro atoms. The molecule has 4 unspecified atom stereocenters. The van der Waals surface area contributed by atoms with E-state index in [1.165, 1.54) is 38.6 Å². The second kappa shape index (κ2) is 6.88. The van der Waals surface area contributed by atoms with E-state index in [2.05, 4.69) is 11.9 Å². The van der Waals surface area contributed by atoms with E-state index in [-0.39, 0.29) is 0 Å². The summed E-state index contributed by atoms with van der Waals surface area (Å²) in [6, 6.07) is 0.553. The number of hydrogen-bond donors (Lipinski definition) is 1. The van der Waals surface area contributed by atoms with E-state index in [0.29, 0.717) is 6.04 Å². The van der Waals surface area contributed by atoms with Gasteiger partial charge in [0.25, 0.3) is 0 Å². The molecular formula is C15H30N2O. The van der Waals surface area contributed by atoms with Crippen molar-refractivity contribution in [2.24, 2.45) is 23.5 Å². The Labute approximate surface area is 112 Å². The zero-order valence-electron chi connectivity index (χ0n) is 12.1. The van der Waals surface area contributed by atoms with Crippen molar-refractivity contribution in [2.75, 3.05) is 33.9 Å². The number of methoxy groups -OCH3 is 1. The predicted molar refractivity (Wildman–Crippen MR) is 75.5 cm³/mol. The Hall–Kier alpha value is -0.120. The monoisotopic (exact) mass is 254 g/mol. The number of rotatable bonds is 8. The van der Waals surface area contributed by atoms with Gasteiger partial charge in [-0.05, 0) is 63.5 Å². The summed E-state index contributed by atoms with van der Waals surface area (Å²) in [5.74, 6) is 3.03. The van der Waals surface area contributed by atoms with Crippen LogP contribution in [0.4, 0.5) is 0 Å². The molecule has 2 aliphatic rings. The van der Waals surface area contributed by atoms with Gasteiger partial charge in [-0.1, -0.05) is 6.42 Å². The van der Waals surface area contributed by atoms with E-state index in [0.717, 1.165) is 37.3 Å². The van der Waals surface area contributed by atoms with Crippen LogP contribution in [0.5, 0.6) is 0 Å². The summed E-state index contributed by atoms with van der Waals surface area (Å²) in [6.45, 7) is 2.90. The van der Waals surface area contributed by atoms with Crippen LogP contribution in [0.25, 0.3) is 0 Å². The van der Waals surface area contributed by atoms with Gasteiger partial charge < -0.3 is 15.4 Å². The summed E-state index contributed by atoms with van der Waals surface area (Å²) in [5.41, 5.74) is 5.63. The SMILES string of the molecule is COCC(CCCN)N(C)CC1CC2CCC1C2. The van der Waals surface area contributed by atoms with Crippen molar-refractivity contribution < 1.29 is 4.74 Å². The van der Waals surface area contributed by atoms with Crippen molar-refractivity contribution in [1.29, 1.82) is 0 Å². The Kier molecular flexibility index (Phi) is 5.46. The molecule has 0 heterocycles. The van der Waals surface area contributed by atoms with Crippen LogP contribution >= 0.6 is 0 Å². The Balaban J connectivity index is 1.78. The van der Waals surface area contributed by atoms with Crippen molar-refractivity contribution >= 4 is 0 Å². The van der Waals surface area contributed by atoms with Crippen LogP contribution in [0.2, 0.25) is 0 Å². The van der Waals surface area contributed by atoms with Gasteiger partial charge in [-0.15, -0.1) is 0 Å². The largest absolute Gasteiger partial charge is 0.383 e. The third kappa shape index (κ3) is 3.46. The highest BCUT2D eigenvalue weighted by molar-refractivity contribution is 4.91. The van der Waals surface area contributed by atoms with E-state index >= 15 is 0 Å². The molecule has 0 aromatic carbocycles. The first-order chi connectivity index (χ1) is 8.74. The zero-order valence-corrected chi connectivity index (χ0v) is 12.1. The van der Waals surface area contributed by atoms with Crippen molar-refractivity contribution in [3.63, 3.8) is 0 Å². The maximum absolute atomic E-state index is 5.63. The Morgan fingerprint density at radius 3 is 2.72 bits per heavy atom. The Morgan fingerprint density at radius 1 is 1.33 bits per heavy atom. The molecule has 0 amide bonds. The number of hydrogen-bond acceptors (Lipinski definition) is 3. The Bertz CT molecular complexity index is 247. The number of likely N-dealkylation sites (N-methyl/N-ethyl adjacent to an activating group) is 1. The molecule has 0 aliphatic heterocycles. The second-order valence-electron chi connectivity index (χ2n) is 6.41. The molecule has 0 aromatic rings. The van der Waals surface area contributed by atoms with Crippen molar-refractivity contribution in [1.82, 2.24) is 4.90 Å². The lowest BCUT2D eigenvalue weighted by Gasteiger charge is -2.32. The lowest BCUT2D eigenvalue weighted by Crippen LogP contribution is -2.40. The van der Waals surface area contributed by atoms with E-state index in [1.54, 1.807) is 7.11 Å². The third-order valence-corrected chi connectivity index (χ3v) is 5.13. The van der Waals surface area contributed by atoms with Crippen molar-refractivity contribution in [3.05, 3.63) is 0 Å². The van der Waals surface area contributed by atoms with Gasteiger partial charge >= 0.3 is 0 Å². The minimum absolute atomic E-state index is 0.553. The summed E-state index contributed by atoms with van der Waals surface area (Å²) >= 11 is 0. The third-order valence-electron chi connectivity index (χ3n) is 5.13.